The molecule has 0 saturated carbocycles. The van der Waals surface area contributed by atoms with Crippen molar-refractivity contribution in [3.63, 3.8) is 0 Å². The largest absolute Gasteiger partial charge is 0.464 e. The fourth-order valence-electron chi connectivity index (χ4n) is 4.23. The van der Waals surface area contributed by atoms with Crippen molar-refractivity contribution in [1.82, 2.24) is 5.32 Å². The molecule has 0 aliphatic rings. The highest BCUT2D eigenvalue weighted by molar-refractivity contribution is 5.98. The van der Waals surface area contributed by atoms with E-state index in [-0.39, 0.29) is 12.7 Å². The summed E-state index contributed by atoms with van der Waals surface area (Å²) in [7, 11) is 0. The maximum absolute atomic E-state index is 13.2. The predicted molar refractivity (Wildman–Crippen MR) is 139 cm³/mol. The average Bonchev–Trinajstić information content (AvgIpc) is 2.85. The van der Waals surface area contributed by atoms with Gasteiger partial charge in [0.1, 0.15) is 11.9 Å². The number of nitrogens with one attached hydrogen (secondary N) is 1. The van der Waals surface area contributed by atoms with Crippen LogP contribution in [0, 0.1) is 5.82 Å². The van der Waals surface area contributed by atoms with Gasteiger partial charge in [0.05, 0.1) is 17.7 Å². The van der Waals surface area contributed by atoms with Crippen molar-refractivity contribution in [1.29, 1.82) is 0 Å². The minimum atomic E-state index is -4.90. The molecule has 0 aliphatic heterocycles. The number of rotatable bonds is 20. The van der Waals surface area contributed by atoms with Gasteiger partial charge in [0.15, 0.2) is 0 Å². The summed E-state index contributed by atoms with van der Waals surface area (Å²) in [6, 6.07) is 0.654. The molecular weight excluding hydrogens is 486 g/mol. The minimum Gasteiger partial charge on any atom is -0.464 e. The van der Waals surface area contributed by atoms with Crippen LogP contribution in [0.5, 0.6) is 0 Å². The second-order valence-corrected chi connectivity index (χ2v) is 9.85. The maximum atomic E-state index is 13.2. The Morgan fingerprint density at radius 1 is 0.811 bits per heavy atom. The zero-order valence-corrected chi connectivity index (χ0v) is 22.6. The van der Waals surface area contributed by atoms with E-state index >= 15 is 0 Å². The minimum absolute atomic E-state index is 0.196. The summed E-state index contributed by atoms with van der Waals surface area (Å²) in [5.41, 5.74) is -2.13. The van der Waals surface area contributed by atoms with Crippen LogP contribution in [0.3, 0.4) is 0 Å². The van der Waals surface area contributed by atoms with Crippen molar-refractivity contribution in [3.05, 3.63) is 35.1 Å². The number of carbonyl (C=O) groups excluding carboxylic acids is 2. The van der Waals surface area contributed by atoms with Crippen LogP contribution in [-0.4, -0.2) is 24.5 Å². The number of hydrogen-bond donors (Lipinski definition) is 1. The third-order valence-electron chi connectivity index (χ3n) is 6.48. The standard InChI is InChI=1S/C29H45F4NO3/c1-3-4-5-6-7-8-9-10-11-12-13-14-15-16-17-18-21-37-28(36)23(2)34-27(35)25-20-19-24(30)22-26(25)29(31,32)33/h19-20,22-23H,3-18,21H2,1-2H3,(H,34,35). The second-order valence-electron chi connectivity index (χ2n) is 9.85. The second kappa shape index (κ2) is 19.0. The quantitative estimate of drug-likeness (QED) is 0.104. The first-order chi connectivity index (χ1) is 17.7. The van der Waals surface area contributed by atoms with E-state index in [0.29, 0.717) is 6.42 Å². The summed E-state index contributed by atoms with van der Waals surface area (Å²) in [5, 5.41) is 2.20. The summed E-state index contributed by atoms with van der Waals surface area (Å²) < 4.78 is 57.7. The lowest BCUT2D eigenvalue weighted by atomic mass is 10.0. The third-order valence-corrected chi connectivity index (χ3v) is 6.48. The number of hydrogen-bond acceptors (Lipinski definition) is 3. The summed E-state index contributed by atoms with van der Waals surface area (Å²) in [6.45, 7) is 3.78. The Morgan fingerprint density at radius 2 is 1.27 bits per heavy atom. The number of amides is 1. The van der Waals surface area contributed by atoms with Crippen LogP contribution in [0.4, 0.5) is 17.6 Å². The molecule has 8 heteroatoms. The molecule has 0 spiro atoms. The number of ether oxygens (including phenoxy) is 1. The van der Waals surface area contributed by atoms with Crippen molar-refractivity contribution in [3.8, 4) is 0 Å². The Hall–Kier alpha value is -2.12. The van der Waals surface area contributed by atoms with E-state index < -0.39 is 41.0 Å². The van der Waals surface area contributed by atoms with E-state index in [2.05, 4.69) is 12.2 Å². The van der Waals surface area contributed by atoms with E-state index in [1.165, 1.54) is 84.0 Å². The molecule has 1 rings (SSSR count). The third kappa shape index (κ3) is 15.0. The molecule has 4 nitrogen and oxygen atoms in total. The van der Waals surface area contributed by atoms with Gasteiger partial charge in [-0.2, -0.15) is 13.2 Å². The highest BCUT2D eigenvalue weighted by Gasteiger charge is 2.36. The normalized spacial score (nSPS) is 12.4. The Morgan fingerprint density at radius 3 is 1.73 bits per heavy atom. The van der Waals surface area contributed by atoms with Crippen molar-refractivity contribution >= 4 is 11.9 Å². The predicted octanol–water partition coefficient (Wildman–Crippen LogP) is 8.77. The zero-order chi connectivity index (χ0) is 27.5. The van der Waals surface area contributed by atoms with E-state index in [4.69, 9.17) is 4.74 Å². The van der Waals surface area contributed by atoms with Gasteiger partial charge >= 0.3 is 12.1 Å². The van der Waals surface area contributed by atoms with Gasteiger partial charge in [0.25, 0.3) is 5.91 Å². The smallest absolute Gasteiger partial charge is 0.417 e. The van der Waals surface area contributed by atoms with Gasteiger partial charge < -0.3 is 10.1 Å². The van der Waals surface area contributed by atoms with Crippen molar-refractivity contribution < 1.29 is 31.9 Å². The molecule has 0 heterocycles. The molecule has 0 fully saturated rings. The van der Waals surface area contributed by atoms with Crippen LogP contribution in [0.2, 0.25) is 0 Å². The monoisotopic (exact) mass is 531 g/mol. The van der Waals surface area contributed by atoms with Crippen LogP contribution in [-0.2, 0) is 15.7 Å². The first-order valence-electron chi connectivity index (χ1n) is 14.0. The van der Waals surface area contributed by atoms with E-state index in [1.54, 1.807) is 0 Å². The molecule has 0 bridgehead atoms. The van der Waals surface area contributed by atoms with E-state index in [0.717, 1.165) is 31.4 Å². The Bertz CT molecular complexity index is 783. The van der Waals surface area contributed by atoms with Gasteiger partial charge in [-0.25, -0.2) is 9.18 Å². The lowest BCUT2D eigenvalue weighted by molar-refractivity contribution is -0.145. The topological polar surface area (TPSA) is 55.4 Å². The van der Waals surface area contributed by atoms with Gasteiger partial charge in [-0.1, -0.05) is 103 Å². The van der Waals surface area contributed by atoms with Crippen molar-refractivity contribution in [2.24, 2.45) is 0 Å². The highest BCUT2D eigenvalue weighted by atomic mass is 19.4. The Kier molecular flexibility index (Phi) is 16.9. The highest BCUT2D eigenvalue weighted by Crippen LogP contribution is 2.32. The molecule has 0 aromatic heterocycles. The molecule has 1 aromatic carbocycles. The molecule has 1 atom stereocenters. The SMILES string of the molecule is CCCCCCCCCCCCCCCCCCOC(=O)C(C)NC(=O)c1ccc(F)cc1C(F)(F)F. The van der Waals surface area contributed by atoms with Crippen molar-refractivity contribution in [2.75, 3.05) is 6.61 Å². The van der Waals surface area contributed by atoms with Gasteiger partial charge in [-0.15, -0.1) is 0 Å². The fraction of sp³-hybridized carbons (Fsp3) is 0.724. The van der Waals surface area contributed by atoms with E-state index in [1.807, 2.05) is 0 Å². The first kappa shape index (κ1) is 32.9. The number of benzene rings is 1. The lowest BCUT2D eigenvalue weighted by Gasteiger charge is -2.16. The van der Waals surface area contributed by atoms with Gasteiger partial charge in [0.2, 0.25) is 0 Å². The van der Waals surface area contributed by atoms with Crippen LogP contribution >= 0.6 is 0 Å². The maximum Gasteiger partial charge on any atom is 0.417 e. The van der Waals surface area contributed by atoms with E-state index in [9.17, 15) is 27.2 Å². The molecule has 37 heavy (non-hydrogen) atoms. The molecule has 212 valence electrons. The number of carbonyl (C=O) groups is 2. The lowest BCUT2D eigenvalue weighted by Crippen LogP contribution is -2.40. The van der Waals surface area contributed by atoms with Gasteiger partial charge in [-0.3, -0.25) is 4.79 Å². The first-order valence-corrected chi connectivity index (χ1v) is 14.0. The molecule has 0 radical (unpaired) electrons. The Balaban J connectivity index is 2.07. The summed E-state index contributed by atoms with van der Waals surface area (Å²) in [4.78, 5) is 24.3. The van der Waals surface area contributed by atoms with Crippen molar-refractivity contribution in [2.45, 2.75) is 129 Å². The average molecular weight is 532 g/mol. The summed E-state index contributed by atoms with van der Waals surface area (Å²) in [5.74, 6) is -2.93. The van der Waals surface area contributed by atoms with Crippen LogP contribution in [0.15, 0.2) is 18.2 Å². The summed E-state index contributed by atoms with van der Waals surface area (Å²) in [6.07, 6.45) is 14.9. The number of unbranched alkanes of at least 4 members (excludes halogenated alkanes) is 15. The molecular formula is C29H45F4NO3. The number of esters is 1. The zero-order valence-electron chi connectivity index (χ0n) is 22.6. The van der Waals surface area contributed by atoms with Gasteiger partial charge in [0, 0.05) is 0 Å². The van der Waals surface area contributed by atoms with Gasteiger partial charge in [-0.05, 0) is 31.5 Å². The molecule has 1 aromatic rings. The molecule has 1 unspecified atom stereocenters. The number of alkyl halides is 3. The molecule has 0 aliphatic carbocycles. The van der Waals surface area contributed by atoms with Crippen LogP contribution < -0.4 is 5.32 Å². The molecule has 0 saturated heterocycles. The number of halogens is 4. The Labute approximate surface area is 219 Å². The van der Waals surface area contributed by atoms with Crippen LogP contribution in [0.1, 0.15) is 133 Å². The fourth-order valence-corrected chi connectivity index (χ4v) is 4.23. The summed E-state index contributed by atoms with van der Waals surface area (Å²) >= 11 is 0. The molecule has 1 N–H and O–H groups in total. The van der Waals surface area contributed by atoms with Crippen LogP contribution in [0.25, 0.3) is 0 Å². The molecule has 1 amide bonds.